The third-order valence-electron chi connectivity index (χ3n) is 10.3. The lowest BCUT2D eigenvalue weighted by molar-refractivity contribution is 0.745. The second-order valence-electron chi connectivity index (χ2n) is 13.0. The van der Waals surface area contributed by atoms with Gasteiger partial charge in [-0.25, -0.2) is 0 Å². The molecule has 2 heteroatoms. The van der Waals surface area contributed by atoms with Crippen molar-refractivity contribution in [1.29, 1.82) is 0 Å². The molecule has 0 amide bonds. The van der Waals surface area contributed by atoms with Gasteiger partial charge in [0.05, 0.1) is 17.1 Å². The van der Waals surface area contributed by atoms with E-state index in [9.17, 15) is 0 Å². The van der Waals surface area contributed by atoms with E-state index in [2.05, 4.69) is 191 Å². The van der Waals surface area contributed by atoms with Crippen LogP contribution in [0.25, 0.3) is 60.5 Å². The van der Waals surface area contributed by atoms with E-state index in [4.69, 9.17) is 0 Å². The van der Waals surface area contributed by atoms with Crippen LogP contribution >= 0.6 is 0 Å². The van der Waals surface area contributed by atoms with Gasteiger partial charge in [-0.05, 0) is 81.1 Å². The summed E-state index contributed by atoms with van der Waals surface area (Å²) in [5.74, 6) is 0.280. The summed E-state index contributed by atoms with van der Waals surface area (Å²) in [4.78, 5) is 2.55. The van der Waals surface area contributed by atoms with Crippen molar-refractivity contribution >= 4 is 44.0 Å². The number of allylic oxidation sites excluding steroid dienone is 2. The number of benzene rings is 7. The van der Waals surface area contributed by atoms with E-state index >= 15 is 0 Å². The average molecular weight is 613 g/mol. The van der Waals surface area contributed by atoms with Crippen LogP contribution < -0.4 is 4.90 Å². The summed E-state index contributed by atoms with van der Waals surface area (Å²) in [6, 6.07) is 58.0. The fraction of sp³-hybridized carbons (Fsp3) is 0.0435. The second kappa shape index (κ2) is 10.7. The maximum absolute atomic E-state index is 2.55. The lowest BCUT2D eigenvalue weighted by Crippen LogP contribution is -2.28. The van der Waals surface area contributed by atoms with Gasteiger partial charge < -0.3 is 9.47 Å². The summed E-state index contributed by atoms with van der Waals surface area (Å²) in [7, 11) is 0. The predicted octanol–water partition coefficient (Wildman–Crippen LogP) is 12.0. The first-order valence-corrected chi connectivity index (χ1v) is 16.8. The Morgan fingerprint density at radius 3 is 1.83 bits per heavy atom. The molecule has 2 aliphatic rings. The van der Waals surface area contributed by atoms with Crippen LogP contribution in [0.1, 0.15) is 11.5 Å². The van der Waals surface area contributed by atoms with Crippen molar-refractivity contribution in [2.45, 2.75) is 12.0 Å². The molecular weight excluding hydrogens is 581 g/mol. The smallest absolute Gasteiger partial charge is 0.0629 e. The molecule has 7 aromatic carbocycles. The monoisotopic (exact) mass is 612 g/mol. The molecule has 0 N–H and O–H groups in total. The molecule has 48 heavy (non-hydrogen) atoms. The topological polar surface area (TPSA) is 8.17 Å². The van der Waals surface area contributed by atoms with Crippen molar-refractivity contribution in [1.82, 2.24) is 4.57 Å². The maximum Gasteiger partial charge on any atom is 0.0629 e. The summed E-state index contributed by atoms with van der Waals surface area (Å²) < 4.78 is 2.45. The zero-order valence-electron chi connectivity index (χ0n) is 26.4. The van der Waals surface area contributed by atoms with Crippen molar-refractivity contribution in [3.63, 3.8) is 0 Å². The third-order valence-corrected chi connectivity index (χ3v) is 10.3. The van der Waals surface area contributed by atoms with Crippen molar-refractivity contribution < 1.29 is 0 Å². The number of hydrogen-bond acceptors (Lipinski definition) is 1. The molecule has 2 nitrogen and oxygen atoms in total. The standard InChI is InChI=1S/C46H32N2/c1-2-10-31(11-3-1)33-18-20-34(21-19-33)35-22-25-37(26-23-35)47-43-16-8-6-14-39(43)41-30-46-42(29-45(41)47)40-15-7-9-17-44(40)48(46)38-27-24-32-12-4-5-13-36(32)28-38/h1-30,39,43H/t39?,43-/m1/s1. The van der Waals surface area contributed by atoms with Gasteiger partial charge in [-0.3, -0.25) is 0 Å². The van der Waals surface area contributed by atoms with E-state index in [0.29, 0.717) is 0 Å². The summed E-state index contributed by atoms with van der Waals surface area (Å²) in [6.45, 7) is 0. The molecule has 1 aromatic heterocycles. The Bertz CT molecular complexity index is 2550. The van der Waals surface area contributed by atoms with E-state index in [0.717, 1.165) is 0 Å². The summed E-state index contributed by atoms with van der Waals surface area (Å²) in [5, 5.41) is 5.07. The van der Waals surface area contributed by atoms with Crippen LogP contribution in [0.3, 0.4) is 0 Å². The van der Waals surface area contributed by atoms with Crippen LogP contribution in [0.2, 0.25) is 0 Å². The molecule has 0 radical (unpaired) electrons. The Labute approximate surface area is 280 Å². The largest absolute Gasteiger partial charge is 0.333 e. The minimum absolute atomic E-state index is 0.230. The van der Waals surface area contributed by atoms with Gasteiger partial charge in [-0.1, -0.05) is 140 Å². The lowest BCUT2D eigenvalue weighted by Gasteiger charge is -2.29. The van der Waals surface area contributed by atoms with Crippen molar-refractivity contribution in [3.05, 3.63) is 188 Å². The molecule has 0 saturated heterocycles. The Morgan fingerprint density at radius 1 is 0.417 bits per heavy atom. The van der Waals surface area contributed by atoms with Crippen molar-refractivity contribution in [2.75, 3.05) is 4.90 Å². The summed E-state index contributed by atoms with van der Waals surface area (Å²) in [6.07, 6.45) is 9.15. The van der Waals surface area contributed by atoms with Gasteiger partial charge >= 0.3 is 0 Å². The molecule has 2 atom stereocenters. The van der Waals surface area contributed by atoms with E-state index in [1.165, 1.54) is 77.5 Å². The van der Waals surface area contributed by atoms with Gasteiger partial charge in [-0.2, -0.15) is 0 Å². The number of para-hydroxylation sites is 1. The van der Waals surface area contributed by atoms with E-state index in [1.54, 1.807) is 0 Å². The van der Waals surface area contributed by atoms with Crippen molar-refractivity contribution in [3.8, 4) is 27.9 Å². The van der Waals surface area contributed by atoms with Crippen LogP contribution in [0.5, 0.6) is 0 Å². The minimum atomic E-state index is 0.230. The van der Waals surface area contributed by atoms with Crippen LogP contribution in [0.4, 0.5) is 11.4 Å². The number of anilines is 2. The molecule has 0 bridgehead atoms. The quantitative estimate of drug-likeness (QED) is 0.192. The molecule has 1 aliphatic carbocycles. The van der Waals surface area contributed by atoms with Crippen LogP contribution in [0, 0.1) is 0 Å². The first-order chi connectivity index (χ1) is 23.8. The molecule has 2 heterocycles. The fourth-order valence-electron chi connectivity index (χ4n) is 7.99. The van der Waals surface area contributed by atoms with Crippen LogP contribution in [-0.4, -0.2) is 10.6 Å². The molecule has 0 spiro atoms. The summed E-state index contributed by atoms with van der Waals surface area (Å²) in [5.41, 5.74) is 12.5. The third kappa shape index (κ3) is 4.19. The van der Waals surface area contributed by atoms with E-state index in [1.807, 2.05) is 0 Å². The molecule has 0 fully saturated rings. The average Bonchev–Trinajstić information content (AvgIpc) is 3.66. The number of nitrogens with zero attached hydrogens (tertiary/aromatic N) is 2. The molecule has 1 unspecified atom stereocenters. The molecule has 8 aromatic rings. The number of rotatable bonds is 4. The molecule has 226 valence electrons. The Morgan fingerprint density at radius 2 is 1.04 bits per heavy atom. The van der Waals surface area contributed by atoms with Gasteiger partial charge in [0.25, 0.3) is 0 Å². The highest BCUT2D eigenvalue weighted by Crippen LogP contribution is 2.50. The predicted molar refractivity (Wildman–Crippen MR) is 203 cm³/mol. The second-order valence-corrected chi connectivity index (χ2v) is 13.0. The Kier molecular flexibility index (Phi) is 6.04. The first kappa shape index (κ1) is 27.0. The fourth-order valence-corrected chi connectivity index (χ4v) is 7.99. The molecular formula is C46H32N2. The minimum Gasteiger partial charge on any atom is -0.333 e. The lowest BCUT2D eigenvalue weighted by atomic mass is 9.91. The molecule has 1 aliphatic heterocycles. The van der Waals surface area contributed by atoms with Crippen LogP contribution in [0.15, 0.2) is 182 Å². The van der Waals surface area contributed by atoms with Crippen LogP contribution in [-0.2, 0) is 0 Å². The number of hydrogen-bond donors (Lipinski definition) is 0. The Hall–Kier alpha value is -6.12. The number of aromatic nitrogens is 1. The maximum atomic E-state index is 2.55. The van der Waals surface area contributed by atoms with Gasteiger partial charge in [-0.15, -0.1) is 0 Å². The Balaban J connectivity index is 1.09. The van der Waals surface area contributed by atoms with E-state index < -0.39 is 0 Å². The number of fused-ring (bicyclic) bond motifs is 7. The highest BCUT2D eigenvalue weighted by molar-refractivity contribution is 6.11. The first-order valence-electron chi connectivity index (χ1n) is 16.8. The summed E-state index contributed by atoms with van der Waals surface area (Å²) >= 11 is 0. The zero-order chi connectivity index (χ0) is 31.6. The van der Waals surface area contributed by atoms with Gasteiger partial charge in [0.2, 0.25) is 0 Å². The van der Waals surface area contributed by atoms with Gasteiger partial charge in [0, 0.05) is 33.8 Å². The van der Waals surface area contributed by atoms with Gasteiger partial charge in [0.1, 0.15) is 0 Å². The van der Waals surface area contributed by atoms with Crippen molar-refractivity contribution in [2.24, 2.45) is 0 Å². The van der Waals surface area contributed by atoms with E-state index in [-0.39, 0.29) is 12.0 Å². The molecule has 0 saturated carbocycles. The normalized spacial score (nSPS) is 16.5. The SMILES string of the molecule is C1=CC2c3cc4c(cc3N(c3ccc(-c5ccc(-c6ccccc6)cc5)cc3)[C@@H]2C=C1)c1ccccc1n4-c1ccc2ccccc2c1. The zero-order valence-corrected chi connectivity index (χ0v) is 26.4. The highest BCUT2D eigenvalue weighted by Gasteiger charge is 2.38. The van der Waals surface area contributed by atoms with Gasteiger partial charge in [0.15, 0.2) is 0 Å². The highest BCUT2D eigenvalue weighted by atomic mass is 15.2. The molecule has 10 rings (SSSR count).